The number of carbonyl (C=O) groups excluding carboxylic acids is 4. The Morgan fingerprint density at radius 2 is 1.91 bits per heavy atom. The van der Waals surface area contributed by atoms with E-state index in [1.165, 1.54) is 13.2 Å². The van der Waals surface area contributed by atoms with Crippen molar-refractivity contribution in [1.82, 2.24) is 9.80 Å². The maximum absolute atomic E-state index is 12.1. The van der Waals surface area contributed by atoms with Crippen LogP contribution in [0.15, 0.2) is 10.5 Å². The van der Waals surface area contributed by atoms with E-state index in [2.05, 4.69) is 4.74 Å². The fraction of sp³-hybridized carbons (Fsp3) is 0.429. The van der Waals surface area contributed by atoms with Crippen molar-refractivity contribution >= 4 is 23.8 Å². The molecule has 0 bridgehead atoms. The number of methoxy groups -OCH3 is 1. The van der Waals surface area contributed by atoms with E-state index in [1.807, 2.05) is 0 Å². The average molecular weight is 308 g/mol. The summed E-state index contributed by atoms with van der Waals surface area (Å²) in [7, 11) is 1.24. The smallest absolute Gasteiger partial charge is 0.341 e. The average Bonchev–Trinajstić information content (AvgIpc) is 2.92. The normalized spacial score (nSPS) is 15.2. The zero-order valence-corrected chi connectivity index (χ0v) is 12.7. The highest BCUT2D eigenvalue weighted by molar-refractivity contribution is 6.44. The highest BCUT2D eigenvalue weighted by Crippen LogP contribution is 2.21. The minimum Gasteiger partial charge on any atom is -0.465 e. The van der Waals surface area contributed by atoms with Gasteiger partial charge in [-0.25, -0.2) is 14.5 Å². The number of nitrogens with zero attached hydrogens (tertiary/aromatic N) is 2. The van der Waals surface area contributed by atoms with Crippen molar-refractivity contribution in [3.8, 4) is 0 Å². The molecule has 0 aromatic carbocycles. The lowest BCUT2D eigenvalue weighted by atomic mass is 10.2. The van der Waals surface area contributed by atoms with E-state index in [-0.39, 0.29) is 17.9 Å². The third kappa shape index (κ3) is 2.47. The van der Waals surface area contributed by atoms with Crippen LogP contribution >= 0.6 is 0 Å². The molecular weight excluding hydrogens is 292 g/mol. The zero-order valence-electron chi connectivity index (χ0n) is 12.7. The SMILES string of the molecule is COC(=O)c1cc(CN2C(=O)C(=O)N(C(C)C)C2=O)oc1C. The summed E-state index contributed by atoms with van der Waals surface area (Å²) in [4.78, 5) is 49.0. The number of esters is 1. The van der Waals surface area contributed by atoms with Crippen molar-refractivity contribution in [3.63, 3.8) is 0 Å². The second kappa shape index (κ2) is 5.63. The highest BCUT2D eigenvalue weighted by atomic mass is 16.5. The van der Waals surface area contributed by atoms with Gasteiger partial charge in [0.15, 0.2) is 0 Å². The van der Waals surface area contributed by atoms with Gasteiger partial charge in [0.2, 0.25) is 0 Å². The van der Waals surface area contributed by atoms with E-state index >= 15 is 0 Å². The first kappa shape index (κ1) is 15.7. The number of amides is 4. The lowest BCUT2D eigenvalue weighted by molar-refractivity contribution is -0.144. The van der Waals surface area contributed by atoms with Crippen molar-refractivity contribution in [3.05, 3.63) is 23.2 Å². The van der Waals surface area contributed by atoms with Crippen LogP contribution in [-0.2, 0) is 20.9 Å². The number of imide groups is 2. The Morgan fingerprint density at radius 1 is 1.27 bits per heavy atom. The van der Waals surface area contributed by atoms with Gasteiger partial charge in [-0.3, -0.25) is 14.5 Å². The third-order valence-corrected chi connectivity index (χ3v) is 3.29. The molecule has 8 nitrogen and oxygen atoms in total. The summed E-state index contributed by atoms with van der Waals surface area (Å²) in [5.74, 6) is -1.82. The van der Waals surface area contributed by atoms with Gasteiger partial charge in [-0.1, -0.05) is 0 Å². The molecule has 0 saturated carbocycles. The molecule has 118 valence electrons. The van der Waals surface area contributed by atoms with Gasteiger partial charge in [0.1, 0.15) is 17.1 Å². The summed E-state index contributed by atoms with van der Waals surface area (Å²) in [5, 5.41) is 0. The van der Waals surface area contributed by atoms with Gasteiger partial charge in [0.05, 0.1) is 13.7 Å². The van der Waals surface area contributed by atoms with Crippen molar-refractivity contribution in [1.29, 1.82) is 0 Å². The van der Waals surface area contributed by atoms with Crippen LogP contribution in [0.5, 0.6) is 0 Å². The van der Waals surface area contributed by atoms with Gasteiger partial charge in [-0.15, -0.1) is 0 Å². The molecule has 8 heteroatoms. The molecule has 2 heterocycles. The molecular formula is C14H16N2O6. The van der Waals surface area contributed by atoms with E-state index in [9.17, 15) is 19.2 Å². The third-order valence-electron chi connectivity index (χ3n) is 3.29. The predicted molar refractivity (Wildman–Crippen MR) is 72.7 cm³/mol. The molecule has 0 N–H and O–H groups in total. The van der Waals surface area contributed by atoms with E-state index in [0.717, 1.165) is 9.80 Å². The molecule has 1 saturated heterocycles. The summed E-state index contributed by atoms with van der Waals surface area (Å²) in [6.45, 7) is 4.62. The Balaban J connectivity index is 2.24. The highest BCUT2D eigenvalue weighted by Gasteiger charge is 2.46. The maximum Gasteiger partial charge on any atom is 0.341 e. The largest absolute Gasteiger partial charge is 0.465 e. The van der Waals surface area contributed by atoms with Crippen LogP contribution in [0.1, 0.15) is 35.7 Å². The van der Waals surface area contributed by atoms with Crippen LogP contribution in [0.2, 0.25) is 0 Å². The number of carbonyl (C=O) groups is 4. The molecule has 1 aliphatic heterocycles. The number of aryl methyl sites for hydroxylation is 1. The van der Waals surface area contributed by atoms with E-state index in [0.29, 0.717) is 5.76 Å². The van der Waals surface area contributed by atoms with E-state index < -0.39 is 29.9 Å². The summed E-state index contributed by atoms with van der Waals surface area (Å²) in [6, 6.07) is 0.279. The molecule has 0 unspecified atom stereocenters. The van der Waals surface area contributed by atoms with Crippen molar-refractivity contribution in [2.75, 3.05) is 7.11 Å². The Hall–Kier alpha value is -2.64. The van der Waals surface area contributed by atoms with Gasteiger partial charge in [-0.05, 0) is 26.8 Å². The van der Waals surface area contributed by atoms with Crippen LogP contribution in [0.4, 0.5) is 4.79 Å². The molecule has 0 atom stereocenters. The summed E-state index contributed by atoms with van der Waals surface area (Å²) in [5.41, 5.74) is 0.212. The first-order chi connectivity index (χ1) is 10.3. The van der Waals surface area contributed by atoms with Gasteiger partial charge in [0.25, 0.3) is 0 Å². The van der Waals surface area contributed by atoms with Gasteiger partial charge >= 0.3 is 23.8 Å². The molecule has 0 aliphatic carbocycles. The summed E-state index contributed by atoms with van der Waals surface area (Å²) < 4.78 is 9.95. The molecule has 0 spiro atoms. The van der Waals surface area contributed by atoms with Crippen LogP contribution in [0.25, 0.3) is 0 Å². The lowest BCUT2D eigenvalue weighted by Gasteiger charge is -2.17. The number of rotatable bonds is 4. The molecule has 4 amide bonds. The first-order valence-electron chi connectivity index (χ1n) is 6.64. The number of urea groups is 1. The minimum absolute atomic E-state index is 0.212. The molecule has 1 fully saturated rings. The zero-order chi connectivity index (χ0) is 16.6. The molecule has 1 aliphatic rings. The Kier molecular flexibility index (Phi) is 4.03. The van der Waals surface area contributed by atoms with E-state index in [4.69, 9.17) is 4.42 Å². The fourth-order valence-corrected chi connectivity index (χ4v) is 2.21. The van der Waals surface area contributed by atoms with E-state index in [1.54, 1.807) is 20.8 Å². The topological polar surface area (TPSA) is 97.1 Å². The van der Waals surface area contributed by atoms with Gasteiger partial charge in [-0.2, -0.15) is 0 Å². The monoisotopic (exact) mass is 308 g/mol. The van der Waals surface area contributed by atoms with Crippen molar-refractivity contribution in [2.24, 2.45) is 0 Å². The number of furan rings is 1. The van der Waals surface area contributed by atoms with Crippen LogP contribution in [0, 0.1) is 6.92 Å². The molecule has 22 heavy (non-hydrogen) atoms. The second-order valence-electron chi connectivity index (χ2n) is 5.12. The maximum atomic E-state index is 12.1. The quantitative estimate of drug-likeness (QED) is 0.469. The number of ether oxygens (including phenoxy) is 1. The molecule has 2 rings (SSSR count). The fourth-order valence-electron chi connectivity index (χ4n) is 2.21. The van der Waals surface area contributed by atoms with Crippen LogP contribution in [0.3, 0.4) is 0 Å². The molecule has 1 aromatic heterocycles. The lowest BCUT2D eigenvalue weighted by Crippen LogP contribution is -2.37. The van der Waals surface area contributed by atoms with Gasteiger partial charge < -0.3 is 9.15 Å². The first-order valence-corrected chi connectivity index (χ1v) is 6.64. The standard InChI is InChI=1S/C14H16N2O6/c1-7(2)16-12(18)11(17)15(14(16)20)6-9-5-10(8(3)22-9)13(19)21-4/h5,7H,6H2,1-4H3. The minimum atomic E-state index is -0.910. The van der Waals surface area contributed by atoms with Crippen LogP contribution in [-0.4, -0.2) is 46.8 Å². The van der Waals surface area contributed by atoms with Crippen molar-refractivity contribution in [2.45, 2.75) is 33.4 Å². The Morgan fingerprint density at radius 3 is 2.41 bits per heavy atom. The predicted octanol–water partition coefficient (Wildman–Crippen LogP) is 1.07. The van der Waals surface area contributed by atoms with Crippen molar-refractivity contribution < 1.29 is 28.3 Å². The van der Waals surface area contributed by atoms with Crippen LogP contribution < -0.4 is 0 Å². The Labute approximate surface area is 126 Å². The second-order valence-corrected chi connectivity index (χ2v) is 5.12. The summed E-state index contributed by atoms with van der Waals surface area (Å²) in [6.07, 6.45) is 0. The molecule has 1 aromatic rings. The number of hydrogen-bond donors (Lipinski definition) is 0. The molecule has 0 radical (unpaired) electrons. The Bertz CT molecular complexity index is 660. The summed E-state index contributed by atoms with van der Waals surface area (Å²) >= 11 is 0. The number of hydrogen-bond acceptors (Lipinski definition) is 6. The van der Waals surface area contributed by atoms with Gasteiger partial charge in [0, 0.05) is 6.04 Å².